The predicted octanol–water partition coefficient (Wildman–Crippen LogP) is 3.35. The lowest BCUT2D eigenvalue weighted by molar-refractivity contribution is 0.125. The van der Waals surface area contributed by atoms with Gasteiger partial charge < -0.3 is 14.7 Å². The molecule has 1 unspecified atom stereocenters. The molecule has 168 valence electrons. The quantitative estimate of drug-likeness (QED) is 0.493. The summed E-state index contributed by atoms with van der Waals surface area (Å²) in [7, 11) is 0. The highest BCUT2D eigenvalue weighted by Gasteiger charge is 2.26. The fourth-order valence-corrected chi connectivity index (χ4v) is 5.00. The van der Waals surface area contributed by atoms with Crippen LogP contribution in [-0.2, 0) is 26.1 Å². The van der Waals surface area contributed by atoms with Crippen LogP contribution in [-0.4, -0.2) is 52.1 Å². The Hall–Kier alpha value is -3.36. The number of aromatic nitrogens is 6. The number of fused-ring (bicyclic) bond motifs is 2. The molecule has 4 aromatic heterocycles. The molecule has 0 spiro atoms. The number of rotatable bonds is 5. The number of aromatic amines is 1. The standard InChI is InChI=1S/C25H27N7O/c1-15-5-3-6-18(27-15)23-24(32-10-4-7-22(32)30-23)17-8-9-26-19(11-17)25-28-20-13-31(12-16(2)33)14-21(20)29-25/h3,5-6,8-9,11,16,33H,4,7,10,12-14H2,1-2H3,(H,28,29). The van der Waals surface area contributed by atoms with Crippen molar-refractivity contribution in [3.8, 4) is 34.2 Å². The van der Waals surface area contributed by atoms with Crippen LogP contribution in [0, 0.1) is 6.92 Å². The summed E-state index contributed by atoms with van der Waals surface area (Å²) in [6.45, 7) is 6.96. The lowest BCUT2D eigenvalue weighted by atomic mass is 10.1. The zero-order valence-electron chi connectivity index (χ0n) is 18.9. The van der Waals surface area contributed by atoms with Gasteiger partial charge in [0.15, 0.2) is 5.82 Å². The van der Waals surface area contributed by atoms with Gasteiger partial charge in [0.1, 0.15) is 17.2 Å². The van der Waals surface area contributed by atoms with Gasteiger partial charge in [-0.15, -0.1) is 0 Å². The highest BCUT2D eigenvalue weighted by Crippen LogP contribution is 2.36. The fourth-order valence-electron chi connectivity index (χ4n) is 5.00. The molecule has 6 heterocycles. The van der Waals surface area contributed by atoms with Crippen molar-refractivity contribution in [1.82, 2.24) is 34.4 Å². The molecule has 0 aliphatic carbocycles. The number of pyridine rings is 2. The Bertz CT molecular complexity index is 1310. The van der Waals surface area contributed by atoms with Crippen LogP contribution in [0.15, 0.2) is 36.5 Å². The first-order valence-corrected chi connectivity index (χ1v) is 11.5. The maximum atomic E-state index is 9.68. The molecule has 8 nitrogen and oxygen atoms in total. The minimum absolute atomic E-state index is 0.346. The smallest absolute Gasteiger partial charge is 0.156 e. The molecular formula is C25H27N7O. The molecular weight excluding hydrogens is 414 g/mol. The summed E-state index contributed by atoms with van der Waals surface area (Å²) >= 11 is 0. The average molecular weight is 442 g/mol. The number of aliphatic hydroxyl groups excluding tert-OH is 1. The molecule has 6 rings (SSSR count). The van der Waals surface area contributed by atoms with Crippen molar-refractivity contribution in [1.29, 1.82) is 0 Å². The van der Waals surface area contributed by atoms with Gasteiger partial charge in [-0.05, 0) is 44.5 Å². The van der Waals surface area contributed by atoms with E-state index >= 15 is 0 Å². The zero-order valence-corrected chi connectivity index (χ0v) is 18.9. The van der Waals surface area contributed by atoms with Crippen LogP contribution in [0.3, 0.4) is 0 Å². The van der Waals surface area contributed by atoms with Gasteiger partial charge in [0.25, 0.3) is 0 Å². The van der Waals surface area contributed by atoms with E-state index < -0.39 is 0 Å². The Morgan fingerprint density at radius 1 is 1.12 bits per heavy atom. The third-order valence-electron chi connectivity index (χ3n) is 6.38. The van der Waals surface area contributed by atoms with E-state index in [2.05, 4.69) is 25.5 Å². The van der Waals surface area contributed by atoms with E-state index in [1.807, 2.05) is 44.3 Å². The van der Waals surface area contributed by atoms with Crippen LogP contribution in [0.5, 0.6) is 0 Å². The first-order valence-electron chi connectivity index (χ1n) is 11.5. The number of H-pyrrole nitrogens is 1. The Morgan fingerprint density at radius 2 is 2.03 bits per heavy atom. The maximum absolute atomic E-state index is 9.68. The molecule has 0 aromatic carbocycles. The number of nitrogens with one attached hydrogen (secondary N) is 1. The Kier molecular flexibility index (Phi) is 4.85. The van der Waals surface area contributed by atoms with E-state index in [1.54, 1.807) is 0 Å². The second kappa shape index (κ2) is 7.90. The number of hydrogen-bond acceptors (Lipinski definition) is 6. The molecule has 0 amide bonds. The highest BCUT2D eigenvalue weighted by molar-refractivity contribution is 5.79. The van der Waals surface area contributed by atoms with Gasteiger partial charge in [-0.3, -0.25) is 14.9 Å². The van der Waals surface area contributed by atoms with E-state index in [0.29, 0.717) is 6.54 Å². The van der Waals surface area contributed by atoms with Crippen molar-refractivity contribution in [2.24, 2.45) is 0 Å². The maximum Gasteiger partial charge on any atom is 0.156 e. The number of hydrogen-bond donors (Lipinski definition) is 2. The summed E-state index contributed by atoms with van der Waals surface area (Å²) in [6.07, 6.45) is 3.61. The number of imidazole rings is 2. The van der Waals surface area contributed by atoms with Crippen molar-refractivity contribution < 1.29 is 5.11 Å². The molecule has 8 heteroatoms. The Labute approximate surface area is 192 Å². The SMILES string of the molecule is Cc1cccc(-c2nc3n(c2-c2ccnc(-c4nc5c([nH]4)CN(CC(C)O)C5)c2)CCC3)n1. The number of aliphatic hydroxyl groups is 1. The molecule has 0 bridgehead atoms. The summed E-state index contributed by atoms with van der Waals surface area (Å²) in [5.41, 5.74) is 7.96. The molecule has 1 atom stereocenters. The van der Waals surface area contributed by atoms with Crippen LogP contribution >= 0.6 is 0 Å². The van der Waals surface area contributed by atoms with Gasteiger partial charge >= 0.3 is 0 Å². The van der Waals surface area contributed by atoms with Gasteiger partial charge in [0.05, 0.1) is 28.9 Å². The third-order valence-corrected chi connectivity index (χ3v) is 6.38. The molecule has 0 fully saturated rings. The van der Waals surface area contributed by atoms with Crippen molar-refractivity contribution in [2.75, 3.05) is 6.54 Å². The normalized spacial score (nSPS) is 16.2. The molecule has 0 saturated carbocycles. The molecule has 33 heavy (non-hydrogen) atoms. The molecule has 2 aliphatic rings. The lowest BCUT2D eigenvalue weighted by Crippen LogP contribution is -2.26. The molecule has 2 N–H and O–H groups in total. The second-order valence-electron chi connectivity index (χ2n) is 9.10. The summed E-state index contributed by atoms with van der Waals surface area (Å²) in [5.74, 6) is 1.91. The van der Waals surface area contributed by atoms with Gasteiger partial charge in [-0.2, -0.15) is 0 Å². The number of β-amino-alcohol motifs (C(OH)–C–C–N with tert-alkyl or cyclic N) is 1. The van der Waals surface area contributed by atoms with Crippen molar-refractivity contribution in [3.05, 3.63) is 59.4 Å². The number of aryl methyl sites for hydroxylation is 2. The van der Waals surface area contributed by atoms with Gasteiger partial charge in [0.2, 0.25) is 0 Å². The molecule has 0 saturated heterocycles. The fraction of sp³-hybridized carbons (Fsp3) is 0.360. The van der Waals surface area contributed by atoms with Crippen LogP contribution < -0.4 is 0 Å². The average Bonchev–Trinajstić information content (AvgIpc) is 3.53. The zero-order chi connectivity index (χ0) is 22.5. The van der Waals surface area contributed by atoms with Gasteiger partial charge in [0, 0.05) is 50.1 Å². The van der Waals surface area contributed by atoms with Crippen LogP contribution in [0.4, 0.5) is 0 Å². The lowest BCUT2D eigenvalue weighted by Gasteiger charge is -2.16. The summed E-state index contributed by atoms with van der Waals surface area (Å²) in [4.78, 5) is 24.8. The monoisotopic (exact) mass is 441 g/mol. The van der Waals surface area contributed by atoms with Gasteiger partial charge in [-0.1, -0.05) is 6.07 Å². The minimum atomic E-state index is -0.346. The molecule has 4 aromatic rings. The van der Waals surface area contributed by atoms with E-state index in [-0.39, 0.29) is 6.10 Å². The third kappa shape index (κ3) is 3.65. The van der Waals surface area contributed by atoms with Crippen LogP contribution in [0.2, 0.25) is 0 Å². The molecule has 2 aliphatic heterocycles. The summed E-state index contributed by atoms with van der Waals surface area (Å²) < 4.78 is 2.33. The van der Waals surface area contributed by atoms with Crippen molar-refractivity contribution >= 4 is 0 Å². The van der Waals surface area contributed by atoms with E-state index in [0.717, 1.165) is 89.5 Å². The first-order chi connectivity index (χ1) is 16.0. The predicted molar refractivity (Wildman–Crippen MR) is 125 cm³/mol. The Balaban J connectivity index is 1.38. The number of nitrogens with zero attached hydrogens (tertiary/aromatic N) is 6. The Morgan fingerprint density at radius 3 is 2.85 bits per heavy atom. The van der Waals surface area contributed by atoms with Crippen molar-refractivity contribution in [3.63, 3.8) is 0 Å². The summed E-state index contributed by atoms with van der Waals surface area (Å²) in [5, 5.41) is 9.68. The summed E-state index contributed by atoms with van der Waals surface area (Å²) in [6, 6.07) is 10.2. The first kappa shape index (κ1) is 20.3. The van der Waals surface area contributed by atoms with Crippen LogP contribution in [0.1, 0.15) is 36.3 Å². The molecule has 0 radical (unpaired) electrons. The second-order valence-corrected chi connectivity index (χ2v) is 9.10. The van der Waals surface area contributed by atoms with E-state index in [9.17, 15) is 5.11 Å². The van der Waals surface area contributed by atoms with E-state index in [4.69, 9.17) is 15.0 Å². The minimum Gasteiger partial charge on any atom is -0.392 e. The van der Waals surface area contributed by atoms with Crippen LogP contribution in [0.25, 0.3) is 34.2 Å². The van der Waals surface area contributed by atoms with E-state index in [1.165, 1.54) is 0 Å². The highest BCUT2D eigenvalue weighted by atomic mass is 16.3. The van der Waals surface area contributed by atoms with Gasteiger partial charge in [-0.25, -0.2) is 9.97 Å². The topological polar surface area (TPSA) is 95.8 Å². The van der Waals surface area contributed by atoms with Crippen molar-refractivity contribution in [2.45, 2.75) is 52.4 Å². The largest absolute Gasteiger partial charge is 0.392 e.